The van der Waals surface area contributed by atoms with Crippen LogP contribution in [0.4, 0.5) is 4.39 Å². The van der Waals surface area contributed by atoms with Gasteiger partial charge in [-0.15, -0.1) is 0 Å². The van der Waals surface area contributed by atoms with Gasteiger partial charge in [-0.1, -0.05) is 12.1 Å². The van der Waals surface area contributed by atoms with E-state index in [0.29, 0.717) is 13.1 Å². The van der Waals surface area contributed by atoms with Gasteiger partial charge in [0, 0.05) is 39.0 Å². The highest BCUT2D eigenvalue weighted by Crippen LogP contribution is 2.10. The highest BCUT2D eigenvalue weighted by Gasteiger charge is 2.19. The molecule has 1 aliphatic heterocycles. The zero-order valence-corrected chi connectivity index (χ0v) is 13.8. The van der Waals surface area contributed by atoms with Crippen LogP contribution in [0.2, 0.25) is 0 Å². The number of halogens is 1. The molecule has 0 atom stereocenters. The van der Waals surface area contributed by atoms with Crippen molar-refractivity contribution in [1.29, 1.82) is 0 Å². The number of ketones is 1. The van der Waals surface area contributed by atoms with Crippen molar-refractivity contribution in [3.05, 3.63) is 35.6 Å². The molecule has 1 aromatic rings. The summed E-state index contributed by atoms with van der Waals surface area (Å²) < 4.78 is 13.5. The summed E-state index contributed by atoms with van der Waals surface area (Å²) in [6, 6.07) is 5.68. The van der Waals surface area contributed by atoms with Crippen molar-refractivity contribution in [1.82, 2.24) is 15.1 Å². The molecule has 2 rings (SSSR count). The number of carbonyl (C=O) groups excluding carboxylic acids is 3. The van der Waals surface area contributed by atoms with Crippen molar-refractivity contribution in [3.8, 4) is 0 Å². The fourth-order valence-corrected chi connectivity index (χ4v) is 2.48. The first-order valence-electron chi connectivity index (χ1n) is 7.98. The summed E-state index contributed by atoms with van der Waals surface area (Å²) >= 11 is 0. The Balaban J connectivity index is 1.71. The fourth-order valence-electron chi connectivity index (χ4n) is 2.48. The number of nitrogens with zero attached hydrogens (tertiary/aromatic N) is 2. The second-order valence-corrected chi connectivity index (χ2v) is 5.86. The number of Topliss-reactive ketones (excluding diaryl/α,β-unsaturated/α-hetero) is 1. The number of carbonyl (C=O) groups is 3. The number of nitrogens with one attached hydrogen (secondary N) is 1. The zero-order valence-electron chi connectivity index (χ0n) is 13.8. The summed E-state index contributed by atoms with van der Waals surface area (Å²) in [7, 11) is 2.00. The molecule has 7 heteroatoms. The number of hydrogen-bond acceptors (Lipinski definition) is 4. The van der Waals surface area contributed by atoms with Crippen LogP contribution in [-0.2, 0) is 9.59 Å². The lowest BCUT2D eigenvalue weighted by atomic mass is 10.1. The average Bonchev–Trinajstić information content (AvgIpc) is 2.58. The maximum Gasteiger partial charge on any atom is 0.242 e. The second-order valence-electron chi connectivity index (χ2n) is 5.86. The van der Waals surface area contributed by atoms with E-state index in [1.807, 2.05) is 7.05 Å². The Morgan fingerprint density at radius 2 is 1.75 bits per heavy atom. The van der Waals surface area contributed by atoms with E-state index in [2.05, 4.69) is 10.2 Å². The quantitative estimate of drug-likeness (QED) is 0.776. The van der Waals surface area contributed by atoms with E-state index >= 15 is 0 Å². The first-order chi connectivity index (χ1) is 11.5. The number of rotatable bonds is 6. The molecule has 1 aliphatic rings. The molecule has 1 fully saturated rings. The van der Waals surface area contributed by atoms with E-state index in [9.17, 15) is 18.8 Å². The predicted octanol–water partition coefficient (Wildman–Crippen LogP) is 0.679. The smallest absolute Gasteiger partial charge is 0.242 e. The monoisotopic (exact) mass is 335 g/mol. The molecule has 0 aromatic heterocycles. The van der Waals surface area contributed by atoms with E-state index in [-0.39, 0.29) is 36.8 Å². The topological polar surface area (TPSA) is 69.7 Å². The summed E-state index contributed by atoms with van der Waals surface area (Å²) in [5, 5.41) is 2.52. The van der Waals surface area contributed by atoms with Crippen LogP contribution in [0.5, 0.6) is 0 Å². The van der Waals surface area contributed by atoms with Gasteiger partial charge >= 0.3 is 0 Å². The molecule has 1 saturated heterocycles. The van der Waals surface area contributed by atoms with Gasteiger partial charge in [0.2, 0.25) is 11.8 Å². The van der Waals surface area contributed by atoms with Gasteiger partial charge in [0.25, 0.3) is 0 Å². The van der Waals surface area contributed by atoms with Crippen molar-refractivity contribution in [2.45, 2.75) is 12.8 Å². The lowest BCUT2D eigenvalue weighted by Crippen LogP contribution is -2.50. The molecule has 1 aromatic carbocycles. The number of likely N-dealkylation sites (N-methyl/N-ethyl adjacent to an activating group) is 1. The van der Waals surface area contributed by atoms with Gasteiger partial charge in [-0.3, -0.25) is 14.4 Å². The van der Waals surface area contributed by atoms with Gasteiger partial charge in [-0.05, 0) is 19.2 Å². The SMILES string of the molecule is CN1CCN(C(=O)CNC(=O)CCC(=O)c2ccccc2F)CC1. The lowest BCUT2D eigenvalue weighted by Gasteiger charge is -2.32. The van der Waals surface area contributed by atoms with Gasteiger partial charge in [0.15, 0.2) is 5.78 Å². The predicted molar refractivity (Wildman–Crippen MR) is 87.1 cm³/mol. The summed E-state index contributed by atoms with van der Waals surface area (Å²) in [6.45, 7) is 2.86. The molecule has 0 spiro atoms. The van der Waals surface area contributed by atoms with Gasteiger partial charge < -0.3 is 15.1 Å². The third-order valence-electron chi connectivity index (χ3n) is 4.05. The van der Waals surface area contributed by atoms with E-state index in [1.165, 1.54) is 18.2 Å². The van der Waals surface area contributed by atoms with Crippen LogP contribution < -0.4 is 5.32 Å². The van der Waals surface area contributed by atoms with Gasteiger partial charge in [0.1, 0.15) is 5.82 Å². The molecule has 0 unspecified atom stereocenters. The highest BCUT2D eigenvalue weighted by molar-refractivity contribution is 5.98. The molecular weight excluding hydrogens is 313 g/mol. The van der Waals surface area contributed by atoms with Crippen molar-refractivity contribution in [2.75, 3.05) is 39.8 Å². The minimum absolute atomic E-state index is 0.0150. The molecule has 0 aliphatic carbocycles. The van der Waals surface area contributed by atoms with E-state index in [1.54, 1.807) is 11.0 Å². The van der Waals surface area contributed by atoms with Gasteiger partial charge in [0.05, 0.1) is 12.1 Å². The van der Waals surface area contributed by atoms with Crippen molar-refractivity contribution in [2.24, 2.45) is 0 Å². The van der Waals surface area contributed by atoms with E-state index in [0.717, 1.165) is 13.1 Å². The van der Waals surface area contributed by atoms with Crippen LogP contribution in [0.15, 0.2) is 24.3 Å². The number of hydrogen-bond donors (Lipinski definition) is 1. The van der Waals surface area contributed by atoms with E-state index < -0.39 is 11.6 Å². The molecule has 0 radical (unpaired) electrons. The highest BCUT2D eigenvalue weighted by atomic mass is 19.1. The van der Waals surface area contributed by atoms with Crippen molar-refractivity contribution < 1.29 is 18.8 Å². The maximum absolute atomic E-state index is 13.5. The molecule has 2 amide bonds. The third kappa shape index (κ3) is 5.13. The number of piperazine rings is 1. The van der Waals surface area contributed by atoms with Gasteiger partial charge in [-0.25, -0.2) is 4.39 Å². The minimum atomic E-state index is -0.590. The Labute approximate surface area is 140 Å². The maximum atomic E-state index is 13.5. The third-order valence-corrected chi connectivity index (χ3v) is 4.05. The van der Waals surface area contributed by atoms with Crippen LogP contribution in [0.25, 0.3) is 0 Å². The molecule has 130 valence electrons. The average molecular weight is 335 g/mol. The Morgan fingerprint density at radius 3 is 2.42 bits per heavy atom. The van der Waals surface area contributed by atoms with E-state index in [4.69, 9.17) is 0 Å². The molecule has 24 heavy (non-hydrogen) atoms. The van der Waals surface area contributed by atoms with Crippen LogP contribution in [0.1, 0.15) is 23.2 Å². The minimum Gasteiger partial charge on any atom is -0.347 e. The molecule has 6 nitrogen and oxygen atoms in total. The summed E-state index contributed by atoms with van der Waals surface area (Å²) in [5.41, 5.74) is -0.0150. The Hall–Kier alpha value is -2.28. The molecule has 0 bridgehead atoms. The lowest BCUT2D eigenvalue weighted by molar-refractivity contribution is -0.134. The molecular formula is C17H22FN3O3. The van der Waals surface area contributed by atoms with Crippen molar-refractivity contribution in [3.63, 3.8) is 0 Å². The molecule has 1 heterocycles. The summed E-state index contributed by atoms with van der Waals surface area (Å²) in [5.74, 6) is -1.53. The van der Waals surface area contributed by atoms with Crippen molar-refractivity contribution >= 4 is 17.6 Å². The fraction of sp³-hybridized carbons (Fsp3) is 0.471. The van der Waals surface area contributed by atoms with Gasteiger partial charge in [-0.2, -0.15) is 0 Å². The van der Waals surface area contributed by atoms with Crippen LogP contribution in [-0.4, -0.2) is 67.2 Å². The Bertz CT molecular complexity index is 613. The first kappa shape index (κ1) is 18.1. The zero-order chi connectivity index (χ0) is 17.5. The summed E-state index contributed by atoms with van der Waals surface area (Å²) in [4.78, 5) is 39.5. The largest absolute Gasteiger partial charge is 0.347 e. The van der Waals surface area contributed by atoms with Crippen LogP contribution in [0, 0.1) is 5.82 Å². The standard InChI is InChI=1S/C17H22FN3O3/c1-20-8-10-21(11-9-20)17(24)12-19-16(23)7-6-15(22)13-4-2-3-5-14(13)18/h2-5H,6-12H2,1H3,(H,19,23). The molecule has 1 N–H and O–H groups in total. The second kappa shape index (κ2) is 8.54. The molecule has 0 saturated carbocycles. The number of benzene rings is 1. The number of amides is 2. The van der Waals surface area contributed by atoms with Crippen LogP contribution >= 0.6 is 0 Å². The Kier molecular flexibility index (Phi) is 6.43. The Morgan fingerprint density at radius 1 is 1.08 bits per heavy atom. The summed E-state index contributed by atoms with van der Waals surface area (Å²) in [6.07, 6.45) is -0.154. The van der Waals surface area contributed by atoms with Crippen LogP contribution in [0.3, 0.4) is 0 Å². The first-order valence-corrected chi connectivity index (χ1v) is 7.98. The normalized spacial score (nSPS) is 15.2.